The van der Waals surface area contributed by atoms with Gasteiger partial charge in [-0.15, -0.1) is 0 Å². The smallest absolute Gasteiger partial charge is 0.255 e. The normalized spacial score (nSPS) is 15.2. The Kier molecular flexibility index (Phi) is 4.98. The molecule has 0 bridgehead atoms. The third-order valence-corrected chi connectivity index (χ3v) is 5.99. The molecule has 5 rings (SSSR count). The van der Waals surface area contributed by atoms with E-state index in [1.54, 1.807) is 17.0 Å². The number of aromatic amines is 1. The highest BCUT2D eigenvalue weighted by atomic mass is 19.1. The van der Waals surface area contributed by atoms with Crippen molar-refractivity contribution in [1.29, 1.82) is 0 Å². The first-order valence-corrected chi connectivity index (χ1v) is 10.5. The number of benzene rings is 3. The van der Waals surface area contributed by atoms with Gasteiger partial charge in [-0.05, 0) is 42.3 Å². The number of aromatic nitrogens is 1. The van der Waals surface area contributed by atoms with Crippen molar-refractivity contribution in [2.75, 3.05) is 6.54 Å². The molecule has 0 unspecified atom stereocenters. The van der Waals surface area contributed by atoms with Crippen LogP contribution in [0.1, 0.15) is 38.8 Å². The third-order valence-electron chi connectivity index (χ3n) is 5.99. The monoisotopic (exact) mass is 427 g/mol. The van der Waals surface area contributed by atoms with Crippen molar-refractivity contribution in [2.45, 2.75) is 19.5 Å². The molecule has 0 radical (unpaired) electrons. The molecule has 160 valence electrons. The van der Waals surface area contributed by atoms with Crippen LogP contribution >= 0.6 is 0 Å². The zero-order valence-electron chi connectivity index (χ0n) is 17.6. The molecule has 0 saturated heterocycles. The van der Waals surface area contributed by atoms with Crippen LogP contribution in [0.4, 0.5) is 4.39 Å². The molecule has 32 heavy (non-hydrogen) atoms. The van der Waals surface area contributed by atoms with E-state index < -0.39 is 0 Å². The molecule has 1 atom stereocenters. The summed E-state index contributed by atoms with van der Waals surface area (Å²) in [5.74, 6) is -0.748. The third kappa shape index (κ3) is 3.43. The van der Waals surface area contributed by atoms with Crippen molar-refractivity contribution in [2.24, 2.45) is 0 Å². The SMILES string of the molecule is Cc1[nH]c2ccccc2c1[C@@H]1c2ccccc2C(=O)N1CC(=O)NCc1ccc(F)cc1. The van der Waals surface area contributed by atoms with Crippen molar-refractivity contribution in [3.05, 3.63) is 107 Å². The highest BCUT2D eigenvalue weighted by Gasteiger charge is 2.40. The Bertz CT molecular complexity index is 1330. The van der Waals surface area contributed by atoms with E-state index in [0.29, 0.717) is 5.56 Å². The van der Waals surface area contributed by atoms with Crippen LogP contribution in [0.3, 0.4) is 0 Å². The predicted molar refractivity (Wildman–Crippen MR) is 121 cm³/mol. The van der Waals surface area contributed by atoms with E-state index in [4.69, 9.17) is 0 Å². The fraction of sp³-hybridized carbons (Fsp3) is 0.154. The van der Waals surface area contributed by atoms with Crippen LogP contribution in [0.25, 0.3) is 10.9 Å². The lowest BCUT2D eigenvalue weighted by Crippen LogP contribution is -2.39. The van der Waals surface area contributed by atoms with Crippen molar-refractivity contribution in [1.82, 2.24) is 15.2 Å². The number of fused-ring (bicyclic) bond motifs is 2. The molecule has 1 aliphatic rings. The number of rotatable bonds is 5. The van der Waals surface area contributed by atoms with Crippen molar-refractivity contribution in [3.63, 3.8) is 0 Å². The lowest BCUT2D eigenvalue weighted by Gasteiger charge is -2.25. The Morgan fingerprint density at radius 1 is 1.03 bits per heavy atom. The number of halogens is 1. The topological polar surface area (TPSA) is 65.2 Å². The largest absolute Gasteiger partial charge is 0.358 e. The van der Waals surface area contributed by atoms with Crippen LogP contribution in [0.5, 0.6) is 0 Å². The minimum atomic E-state index is -0.355. The fourth-order valence-corrected chi connectivity index (χ4v) is 4.51. The van der Waals surface area contributed by atoms with Crippen LogP contribution in [-0.4, -0.2) is 28.2 Å². The Morgan fingerprint density at radius 2 is 1.75 bits per heavy atom. The van der Waals surface area contributed by atoms with Crippen LogP contribution in [0.2, 0.25) is 0 Å². The number of para-hydroxylation sites is 1. The Labute approximate surface area is 184 Å². The average molecular weight is 427 g/mol. The summed E-state index contributed by atoms with van der Waals surface area (Å²) >= 11 is 0. The standard InChI is InChI=1S/C26H22FN3O2/c1-16-24(21-8-4-5-9-22(21)29-16)25-19-6-2-3-7-20(19)26(32)30(25)15-23(31)28-14-17-10-12-18(27)13-11-17/h2-13,25,29H,14-15H2,1H3,(H,28,31)/t25-/m0/s1. The highest BCUT2D eigenvalue weighted by molar-refractivity contribution is 6.02. The molecule has 5 nitrogen and oxygen atoms in total. The average Bonchev–Trinajstić information content (AvgIpc) is 3.26. The van der Waals surface area contributed by atoms with E-state index >= 15 is 0 Å². The van der Waals surface area contributed by atoms with Crippen LogP contribution in [0.15, 0.2) is 72.8 Å². The first kappa shape index (κ1) is 20.0. The summed E-state index contributed by atoms with van der Waals surface area (Å²) in [7, 11) is 0. The summed E-state index contributed by atoms with van der Waals surface area (Å²) in [4.78, 5) is 31.1. The van der Waals surface area contributed by atoms with E-state index in [0.717, 1.165) is 33.3 Å². The molecule has 0 saturated carbocycles. The van der Waals surface area contributed by atoms with Gasteiger partial charge in [0.15, 0.2) is 0 Å². The summed E-state index contributed by atoms with van der Waals surface area (Å²) in [6.45, 7) is 2.19. The molecule has 2 heterocycles. The minimum absolute atomic E-state index is 0.0711. The fourth-order valence-electron chi connectivity index (χ4n) is 4.51. The van der Waals surface area contributed by atoms with Crippen LogP contribution < -0.4 is 5.32 Å². The molecular formula is C26H22FN3O2. The van der Waals surface area contributed by atoms with Gasteiger partial charge >= 0.3 is 0 Å². The summed E-state index contributed by atoms with van der Waals surface area (Å²) < 4.78 is 13.1. The summed E-state index contributed by atoms with van der Waals surface area (Å²) in [5.41, 5.74) is 5.28. The minimum Gasteiger partial charge on any atom is -0.358 e. The summed E-state index contributed by atoms with van der Waals surface area (Å²) in [5, 5.41) is 3.89. The molecule has 4 aromatic rings. The molecule has 3 aromatic carbocycles. The zero-order valence-corrected chi connectivity index (χ0v) is 17.6. The molecule has 2 N–H and O–H groups in total. The van der Waals surface area contributed by atoms with Gasteiger partial charge in [-0.25, -0.2) is 4.39 Å². The quantitative estimate of drug-likeness (QED) is 0.493. The van der Waals surface area contributed by atoms with Gasteiger partial charge in [0.1, 0.15) is 12.4 Å². The van der Waals surface area contributed by atoms with E-state index in [2.05, 4.69) is 10.3 Å². The van der Waals surface area contributed by atoms with Gasteiger partial charge < -0.3 is 15.2 Å². The number of carbonyl (C=O) groups is 2. The number of nitrogens with one attached hydrogen (secondary N) is 2. The Morgan fingerprint density at radius 3 is 2.56 bits per heavy atom. The first-order valence-electron chi connectivity index (χ1n) is 10.5. The summed E-state index contributed by atoms with van der Waals surface area (Å²) in [6, 6.07) is 21.1. The van der Waals surface area contributed by atoms with E-state index in [9.17, 15) is 14.0 Å². The number of carbonyl (C=O) groups excluding carboxylic acids is 2. The van der Waals surface area contributed by atoms with Crippen LogP contribution in [-0.2, 0) is 11.3 Å². The number of hydrogen-bond acceptors (Lipinski definition) is 2. The lowest BCUT2D eigenvalue weighted by atomic mass is 9.95. The molecule has 1 aliphatic heterocycles. The number of H-pyrrole nitrogens is 1. The van der Waals surface area contributed by atoms with Gasteiger partial charge in [-0.1, -0.05) is 48.5 Å². The predicted octanol–water partition coefficient (Wildman–Crippen LogP) is 4.48. The number of amides is 2. The Hall–Kier alpha value is -3.93. The van der Waals surface area contributed by atoms with E-state index in [1.807, 2.05) is 55.5 Å². The van der Waals surface area contributed by atoms with Gasteiger partial charge in [-0.3, -0.25) is 9.59 Å². The number of nitrogens with zero attached hydrogens (tertiary/aromatic N) is 1. The maximum absolute atomic E-state index is 13.3. The van der Waals surface area contributed by atoms with Gasteiger partial charge in [0.2, 0.25) is 5.91 Å². The molecule has 0 aliphatic carbocycles. The molecule has 2 amide bonds. The van der Waals surface area contributed by atoms with Gasteiger partial charge in [0.25, 0.3) is 5.91 Å². The zero-order chi connectivity index (χ0) is 22.2. The van der Waals surface area contributed by atoms with E-state index in [1.165, 1.54) is 12.1 Å². The van der Waals surface area contributed by atoms with Crippen molar-refractivity contribution < 1.29 is 14.0 Å². The second kappa shape index (κ2) is 7.96. The molecule has 1 aromatic heterocycles. The number of aryl methyl sites for hydroxylation is 1. The first-order chi connectivity index (χ1) is 15.5. The second-order valence-corrected chi connectivity index (χ2v) is 8.04. The maximum Gasteiger partial charge on any atom is 0.255 e. The van der Waals surface area contributed by atoms with Crippen molar-refractivity contribution in [3.8, 4) is 0 Å². The van der Waals surface area contributed by atoms with Gasteiger partial charge in [0, 0.05) is 34.3 Å². The second-order valence-electron chi connectivity index (χ2n) is 8.04. The Balaban J connectivity index is 1.46. The molecule has 0 fully saturated rings. The highest BCUT2D eigenvalue weighted by Crippen LogP contribution is 2.42. The van der Waals surface area contributed by atoms with Gasteiger partial charge in [0.05, 0.1) is 6.04 Å². The lowest BCUT2D eigenvalue weighted by molar-refractivity contribution is -0.122. The van der Waals surface area contributed by atoms with Crippen molar-refractivity contribution >= 4 is 22.7 Å². The van der Waals surface area contributed by atoms with E-state index in [-0.39, 0.29) is 36.8 Å². The number of hydrogen-bond donors (Lipinski definition) is 2. The molecular weight excluding hydrogens is 405 g/mol. The van der Waals surface area contributed by atoms with Crippen LogP contribution in [0, 0.1) is 12.7 Å². The molecule has 0 spiro atoms. The maximum atomic E-state index is 13.3. The van der Waals surface area contributed by atoms with Gasteiger partial charge in [-0.2, -0.15) is 0 Å². The summed E-state index contributed by atoms with van der Waals surface area (Å²) in [6.07, 6.45) is 0. The molecule has 6 heteroatoms.